The first-order valence-electron chi connectivity index (χ1n) is 8.53. The van der Waals surface area contributed by atoms with Gasteiger partial charge in [0.15, 0.2) is 0 Å². The molecule has 0 fully saturated rings. The smallest absolute Gasteiger partial charge is 0.220 e. The molecule has 0 spiro atoms. The summed E-state index contributed by atoms with van der Waals surface area (Å²) in [5.41, 5.74) is 9.17. The van der Waals surface area contributed by atoms with E-state index in [-0.39, 0.29) is 30.7 Å². The van der Waals surface area contributed by atoms with E-state index in [9.17, 15) is 4.79 Å². The van der Waals surface area contributed by atoms with E-state index in [1.54, 1.807) is 0 Å². The monoisotopic (exact) mass is 415 g/mol. The summed E-state index contributed by atoms with van der Waals surface area (Å²) in [6.07, 6.45) is 2.29. The Kier molecular flexibility index (Phi) is 9.44. The number of nitrogen functional groups attached to an aromatic ring is 1. The second kappa shape index (κ2) is 10.8. The van der Waals surface area contributed by atoms with Crippen LogP contribution in [0.15, 0.2) is 35.7 Å². The lowest BCUT2D eigenvalue weighted by Gasteiger charge is -2.32. The van der Waals surface area contributed by atoms with Crippen molar-refractivity contribution < 1.29 is 4.79 Å². The van der Waals surface area contributed by atoms with Crippen molar-refractivity contribution in [3.63, 3.8) is 0 Å². The highest BCUT2D eigenvalue weighted by Crippen LogP contribution is 2.25. The standard InChI is InChI=1S/C19H25N3OS.2ClH/c1-14(22-10-8-18-16(13-22)9-11-24-18)12-21-19(23)7-6-15-4-2-3-5-17(15)20;;/h2-5,9,11,14H,6-8,10,12-13,20H2,1H3,(H,21,23);2*1H. The third kappa shape index (κ3) is 5.88. The molecule has 0 aliphatic carbocycles. The second-order valence-electron chi connectivity index (χ2n) is 6.44. The molecule has 2 aromatic rings. The predicted octanol–water partition coefficient (Wildman–Crippen LogP) is 3.67. The van der Waals surface area contributed by atoms with Crippen molar-refractivity contribution in [3.05, 3.63) is 51.7 Å². The normalized spacial score (nSPS) is 14.5. The first kappa shape index (κ1) is 22.8. The molecule has 0 bridgehead atoms. The minimum Gasteiger partial charge on any atom is -0.399 e. The van der Waals surface area contributed by atoms with Crippen LogP contribution in [-0.2, 0) is 24.2 Å². The zero-order valence-corrected chi connectivity index (χ0v) is 17.4. The van der Waals surface area contributed by atoms with Crippen LogP contribution in [0, 0.1) is 0 Å². The first-order chi connectivity index (χ1) is 11.6. The van der Waals surface area contributed by atoms with Crippen molar-refractivity contribution in [2.75, 3.05) is 18.8 Å². The van der Waals surface area contributed by atoms with Gasteiger partial charge >= 0.3 is 0 Å². The molecule has 3 N–H and O–H groups in total. The number of hydrogen-bond donors (Lipinski definition) is 2. The van der Waals surface area contributed by atoms with E-state index in [4.69, 9.17) is 5.73 Å². The second-order valence-corrected chi connectivity index (χ2v) is 7.44. The van der Waals surface area contributed by atoms with Crippen LogP contribution in [0.5, 0.6) is 0 Å². The SMILES string of the molecule is CC(CNC(=O)CCc1ccccc1N)N1CCc2sccc2C1.Cl.Cl. The summed E-state index contributed by atoms with van der Waals surface area (Å²) < 4.78 is 0. The van der Waals surface area contributed by atoms with E-state index in [0.717, 1.165) is 30.8 Å². The first-order valence-corrected chi connectivity index (χ1v) is 9.41. The fourth-order valence-corrected chi connectivity index (χ4v) is 4.03. The maximum absolute atomic E-state index is 12.1. The van der Waals surface area contributed by atoms with Crippen LogP contribution < -0.4 is 11.1 Å². The number of nitrogens with zero attached hydrogens (tertiary/aromatic N) is 1. The van der Waals surface area contributed by atoms with Gasteiger partial charge in [0.05, 0.1) is 0 Å². The number of carbonyl (C=O) groups excluding carboxylic acids is 1. The Morgan fingerprint density at radius 3 is 2.85 bits per heavy atom. The van der Waals surface area contributed by atoms with Gasteiger partial charge < -0.3 is 11.1 Å². The summed E-state index contributed by atoms with van der Waals surface area (Å²) >= 11 is 1.86. The molecule has 1 aromatic heterocycles. The Hall–Kier alpha value is -1.27. The van der Waals surface area contributed by atoms with Crippen LogP contribution >= 0.6 is 36.2 Å². The predicted molar refractivity (Wildman–Crippen MR) is 115 cm³/mol. The van der Waals surface area contributed by atoms with Crippen LogP contribution in [0.3, 0.4) is 0 Å². The molecular formula is C19H27Cl2N3OS. The number of halogens is 2. The van der Waals surface area contributed by atoms with Crippen molar-refractivity contribution >= 4 is 47.7 Å². The molecule has 4 nitrogen and oxygen atoms in total. The zero-order chi connectivity index (χ0) is 16.9. The van der Waals surface area contributed by atoms with Gasteiger partial charge in [-0.1, -0.05) is 18.2 Å². The van der Waals surface area contributed by atoms with Crippen LogP contribution in [0.2, 0.25) is 0 Å². The summed E-state index contributed by atoms with van der Waals surface area (Å²) in [6, 6.07) is 10.3. The lowest BCUT2D eigenvalue weighted by molar-refractivity contribution is -0.121. The van der Waals surface area contributed by atoms with E-state index in [2.05, 4.69) is 28.6 Å². The topological polar surface area (TPSA) is 58.4 Å². The molecule has 2 heterocycles. The molecule has 26 heavy (non-hydrogen) atoms. The maximum Gasteiger partial charge on any atom is 0.220 e. The van der Waals surface area contributed by atoms with Gasteiger partial charge in [-0.3, -0.25) is 9.69 Å². The minimum atomic E-state index is 0. The van der Waals surface area contributed by atoms with E-state index >= 15 is 0 Å². The van der Waals surface area contributed by atoms with E-state index in [0.29, 0.717) is 25.4 Å². The Labute approximate surface area is 172 Å². The largest absolute Gasteiger partial charge is 0.399 e. The van der Waals surface area contributed by atoms with Gasteiger partial charge in [-0.15, -0.1) is 36.2 Å². The van der Waals surface area contributed by atoms with Crippen molar-refractivity contribution in [1.29, 1.82) is 0 Å². The zero-order valence-electron chi connectivity index (χ0n) is 14.9. The minimum absolute atomic E-state index is 0. The van der Waals surface area contributed by atoms with Crippen molar-refractivity contribution in [1.82, 2.24) is 10.2 Å². The molecule has 1 aromatic carbocycles. The average molecular weight is 416 g/mol. The number of nitrogens with one attached hydrogen (secondary N) is 1. The molecule has 0 saturated carbocycles. The Balaban J connectivity index is 0.00000169. The highest BCUT2D eigenvalue weighted by molar-refractivity contribution is 7.10. The molecule has 1 amide bonds. The molecule has 7 heteroatoms. The number of para-hydroxylation sites is 1. The highest BCUT2D eigenvalue weighted by Gasteiger charge is 2.21. The summed E-state index contributed by atoms with van der Waals surface area (Å²) in [5, 5.41) is 5.24. The number of benzene rings is 1. The lowest BCUT2D eigenvalue weighted by atomic mass is 10.1. The van der Waals surface area contributed by atoms with Crippen molar-refractivity contribution in [2.24, 2.45) is 0 Å². The number of fused-ring (bicyclic) bond motifs is 1. The van der Waals surface area contributed by atoms with E-state index < -0.39 is 0 Å². The number of anilines is 1. The molecule has 0 radical (unpaired) electrons. The molecule has 1 unspecified atom stereocenters. The number of aryl methyl sites for hydroxylation is 1. The maximum atomic E-state index is 12.1. The van der Waals surface area contributed by atoms with Gasteiger partial charge in [-0.25, -0.2) is 0 Å². The van der Waals surface area contributed by atoms with Crippen LogP contribution in [-0.4, -0.2) is 29.9 Å². The Morgan fingerprint density at radius 2 is 2.08 bits per heavy atom. The third-order valence-corrected chi connectivity index (χ3v) is 5.75. The van der Waals surface area contributed by atoms with Gasteiger partial charge in [-0.05, 0) is 48.4 Å². The Bertz CT molecular complexity index is 708. The summed E-state index contributed by atoms with van der Waals surface area (Å²) in [7, 11) is 0. The van der Waals surface area contributed by atoms with Gasteiger partial charge in [0.2, 0.25) is 5.91 Å². The number of thiophene rings is 1. The van der Waals surface area contributed by atoms with Crippen LogP contribution in [0.1, 0.15) is 29.3 Å². The fraction of sp³-hybridized carbons (Fsp3) is 0.421. The molecule has 1 aliphatic rings. The number of carbonyl (C=O) groups is 1. The number of hydrogen-bond acceptors (Lipinski definition) is 4. The number of rotatable bonds is 6. The molecule has 1 aliphatic heterocycles. The molecule has 3 rings (SSSR count). The fourth-order valence-electron chi connectivity index (χ4n) is 3.14. The van der Waals surface area contributed by atoms with Gasteiger partial charge in [0.1, 0.15) is 0 Å². The molecule has 144 valence electrons. The summed E-state index contributed by atoms with van der Waals surface area (Å²) in [6.45, 7) is 4.96. The number of nitrogens with two attached hydrogens (primary N) is 1. The van der Waals surface area contributed by atoms with Crippen molar-refractivity contribution in [2.45, 2.75) is 38.8 Å². The average Bonchev–Trinajstić information content (AvgIpc) is 3.06. The van der Waals surface area contributed by atoms with Crippen LogP contribution in [0.25, 0.3) is 0 Å². The molecular weight excluding hydrogens is 389 g/mol. The van der Waals surface area contributed by atoms with Gasteiger partial charge in [0.25, 0.3) is 0 Å². The van der Waals surface area contributed by atoms with Crippen molar-refractivity contribution in [3.8, 4) is 0 Å². The Morgan fingerprint density at radius 1 is 1.31 bits per heavy atom. The lowest BCUT2D eigenvalue weighted by Crippen LogP contribution is -2.44. The van der Waals surface area contributed by atoms with Gasteiger partial charge in [0, 0.05) is 42.7 Å². The summed E-state index contributed by atoms with van der Waals surface area (Å²) in [5.74, 6) is 0.0957. The highest BCUT2D eigenvalue weighted by atomic mass is 35.5. The third-order valence-electron chi connectivity index (χ3n) is 4.73. The summed E-state index contributed by atoms with van der Waals surface area (Å²) in [4.78, 5) is 16.1. The number of amides is 1. The van der Waals surface area contributed by atoms with E-state index in [1.165, 1.54) is 10.4 Å². The van der Waals surface area contributed by atoms with Crippen LogP contribution in [0.4, 0.5) is 5.69 Å². The quantitative estimate of drug-likeness (QED) is 0.707. The molecule has 1 atom stereocenters. The van der Waals surface area contributed by atoms with Gasteiger partial charge in [-0.2, -0.15) is 0 Å². The van der Waals surface area contributed by atoms with E-state index in [1.807, 2.05) is 35.6 Å². The molecule has 0 saturated heterocycles.